The summed E-state index contributed by atoms with van der Waals surface area (Å²) in [6.45, 7) is 10.2. The Kier molecular flexibility index (Phi) is 6.34. The summed E-state index contributed by atoms with van der Waals surface area (Å²) in [6, 6.07) is 4.18. The Morgan fingerprint density at radius 3 is 2.28 bits per heavy atom. The first-order chi connectivity index (χ1) is 14.8. The van der Waals surface area contributed by atoms with Crippen molar-refractivity contribution in [3.63, 3.8) is 0 Å². The maximum Gasteiger partial charge on any atom is 0.410 e. The standard InChI is InChI=1S/C22H28FN3O6/c1-21(2,3)32-20(29)26-10-8-25(9-11-26)17-7-6-14(23)12-16(17)24-13-15-18(27)30-22(4,5)31-19(15)28/h6-7,12-13,24H,8-11H2,1-5H3. The van der Waals surface area contributed by atoms with Gasteiger partial charge in [-0.15, -0.1) is 0 Å². The third-order valence-corrected chi connectivity index (χ3v) is 4.72. The number of carbonyl (C=O) groups excluding carboxylic acids is 3. The fourth-order valence-corrected chi connectivity index (χ4v) is 3.28. The molecular weight excluding hydrogens is 421 g/mol. The van der Waals surface area contributed by atoms with Gasteiger partial charge in [0.15, 0.2) is 5.57 Å². The van der Waals surface area contributed by atoms with Crippen LogP contribution in [-0.2, 0) is 23.8 Å². The number of anilines is 2. The van der Waals surface area contributed by atoms with Crippen molar-refractivity contribution in [2.24, 2.45) is 0 Å². The zero-order chi connectivity index (χ0) is 23.7. The van der Waals surface area contributed by atoms with E-state index in [1.807, 2.05) is 25.7 Å². The lowest BCUT2D eigenvalue weighted by molar-refractivity contribution is -0.222. The first kappa shape index (κ1) is 23.4. The van der Waals surface area contributed by atoms with E-state index in [4.69, 9.17) is 14.2 Å². The highest BCUT2D eigenvalue weighted by atomic mass is 19.1. The molecule has 1 aromatic rings. The van der Waals surface area contributed by atoms with Gasteiger partial charge < -0.3 is 29.3 Å². The molecule has 2 aliphatic heterocycles. The zero-order valence-electron chi connectivity index (χ0n) is 18.9. The Hall–Kier alpha value is -3.30. The van der Waals surface area contributed by atoms with Crippen molar-refractivity contribution in [2.75, 3.05) is 36.4 Å². The van der Waals surface area contributed by atoms with Crippen molar-refractivity contribution in [1.29, 1.82) is 0 Å². The molecule has 1 N–H and O–H groups in total. The number of benzene rings is 1. The molecule has 174 valence electrons. The summed E-state index contributed by atoms with van der Waals surface area (Å²) in [6.07, 6.45) is 0.770. The van der Waals surface area contributed by atoms with E-state index in [1.54, 1.807) is 11.0 Å². The lowest BCUT2D eigenvalue weighted by atomic mass is 10.2. The van der Waals surface area contributed by atoms with E-state index in [9.17, 15) is 18.8 Å². The average Bonchev–Trinajstić information content (AvgIpc) is 2.65. The number of nitrogens with zero attached hydrogens (tertiary/aromatic N) is 2. The van der Waals surface area contributed by atoms with E-state index in [-0.39, 0.29) is 11.7 Å². The summed E-state index contributed by atoms with van der Waals surface area (Å²) < 4.78 is 29.5. The van der Waals surface area contributed by atoms with Gasteiger partial charge >= 0.3 is 18.0 Å². The van der Waals surface area contributed by atoms with Crippen molar-refractivity contribution < 1.29 is 33.0 Å². The first-order valence-corrected chi connectivity index (χ1v) is 10.3. The van der Waals surface area contributed by atoms with Gasteiger partial charge in [0.2, 0.25) is 0 Å². The molecule has 2 saturated heterocycles. The SMILES string of the molecule is CC(C)(C)OC(=O)N1CCN(c2ccc(F)cc2NC=C2C(=O)OC(C)(C)OC2=O)CC1. The zero-order valence-corrected chi connectivity index (χ0v) is 18.9. The van der Waals surface area contributed by atoms with E-state index in [1.165, 1.54) is 26.0 Å². The van der Waals surface area contributed by atoms with Crippen LogP contribution < -0.4 is 10.2 Å². The van der Waals surface area contributed by atoms with E-state index in [2.05, 4.69) is 5.32 Å². The van der Waals surface area contributed by atoms with Crippen LogP contribution in [0.1, 0.15) is 34.6 Å². The third kappa shape index (κ3) is 5.68. The largest absolute Gasteiger partial charge is 0.444 e. The van der Waals surface area contributed by atoms with Crippen LogP contribution in [0.2, 0.25) is 0 Å². The molecule has 0 bridgehead atoms. The van der Waals surface area contributed by atoms with Gasteiger partial charge in [-0.1, -0.05) is 0 Å². The second-order valence-electron chi connectivity index (χ2n) is 9.00. The number of cyclic esters (lactones) is 2. The minimum atomic E-state index is -1.34. The number of hydrogen-bond acceptors (Lipinski definition) is 8. The Morgan fingerprint density at radius 1 is 1.12 bits per heavy atom. The van der Waals surface area contributed by atoms with Gasteiger partial charge in [0, 0.05) is 46.2 Å². The summed E-state index contributed by atoms with van der Waals surface area (Å²) in [5, 5.41) is 2.82. The molecule has 10 heteroatoms. The van der Waals surface area contributed by atoms with E-state index in [0.29, 0.717) is 37.6 Å². The van der Waals surface area contributed by atoms with Crippen LogP contribution >= 0.6 is 0 Å². The van der Waals surface area contributed by atoms with E-state index in [0.717, 1.165) is 6.20 Å². The van der Waals surface area contributed by atoms with Gasteiger partial charge in [0.1, 0.15) is 11.4 Å². The number of amides is 1. The summed E-state index contributed by atoms with van der Waals surface area (Å²) in [5.74, 6) is -3.49. The van der Waals surface area contributed by atoms with Crippen molar-refractivity contribution in [3.05, 3.63) is 35.8 Å². The molecule has 0 unspecified atom stereocenters. The molecule has 0 saturated carbocycles. The molecule has 2 heterocycles. The fourth-order valence-electron chi connectivity index (χ4n) is 3.28. The molecule has 0 atom stereocenters. The number of carbonyl (C=O) groups is 3. The molecular formula is C22H28FN3O6. The molecule has 2 aliphatic rings. The molecule has 0 aliphatic carbocycles. The van der Waals surface area contributed by atoms with Crippen LogP contribution in [0.4, 0.5) is 20.6 Å². The fraction of sp³-hybridized carbons (Fsp3) is 0.500. The highest BCUT2D eigenvalue weighted by Crippen LogP contribution is 2.29. The van der Waals surface area contributed by atoms with Crippen LogP contribution in [-0.4, -0.2) is 60.5 Å². The van der Waals surface area contributed by atoms with Crippen LogP contribution in [0, 0.1) is 5.82 Å². The predicted octanol–water partition coefficient (Wildman–Crippen LogP) is 3.01. The smallest absolute Gasteiger partial charge is 0.410 e. The van der Waals surface area contributed by atoms with Crippen molar-refractivity contribution in [3.8, 4) is 0 Å². The van der Waals surface area contributed by atoms with E-state index < -0.39 is 29.1 Å². The summed E-state index contributed by atoms with van der Waals surface area (Å²) in [4.78, 5) is 40.1. The number of rotatable bonds is 3. The quantitative estimate of drug-likeness (QED) is 0.427. The summed E-state index contributed by atoms with van der Waals surface area (Å²) >= 11 is 0. The monoisotopic (exact) mass is 449 g/mol. The van der Waals surface area contributed by atoms with Gasteiger partial charge in [0.05, 0.1) is 11.4 Å². The first-order valence-electron chi connectivity index (χ1n) is 10.3. The topological polar surface area (TPSA) is 97.4 Å². The van der Waals surface area contributed by atoms with Crippen LogP contribution in [0.3, 0.4) is 0 Å². The molecule has 0 radical (unpaired) electrons. The summed E-state index contributed by atoms with van der Waals surface area (Å²) in [7, 11) is 0. The van der Waals surface area contributed by atoms with Gasteiger partial charge in [0.25, 0.3) is 5.79 Å². The van der Waals surface area contributed by atoms with Crippen LogP contribution in [0.15, 0.2) is 30.0 Å². The molecule has 2 fully saturated rings. The molecule has 32 heavy (non-hydrogen) atoms. The van der Waals surface area contributed by atoms with Crippen molar-refractivity contribution in [1.82, 2.24) is 4.90 Å². The maximum absolute atomic E-state index is 13.9. The normalized spacial score (nSPS) is 18.6. The Morgan fingerprint density at radius 2 is 1.72 bits per heavy atom. The highest BCUT2D eigenvalue weighted by molar-refractivity contribution is 6.15. The van der Waals surface area contributed by atoms with Gasteiger partial charge in [-0.25, -0.2) is 18.8 Å². The number of nitrogens with one attached hydrogen (secondary N) is 1. The third-order valence-electron chi connectivity index (χ3n) is 4.72. The number of esters is 2. The molecule has 9 nitrogen and oxygen atoms in total. The molecule has 1 aromatic carbocycles. The Labute approximate surface area is 186 Å². The Balaban J connectivity index is 1.72. The minimum Gasteiger partial charge on any atom is -0.444 e. The molecule has 3 rings (SSSR count). The lowest BCUT2D eigenvalue weighted by Gasteiger charge is -2.37. The number of ether oxygens (including phenoxy) is 3. The van der Waals surface area contributed by atoms with E-state index >= 15 is 0 Å². The second kappa shape index (κ2) is 8.68. The number of hydrogen-bond donors (Lipinski definition) is 1. The van der Waals surface area contributed by atoms with Crippen molar-refractivity contribution in [2.45, 2.75) is 46.0 Å². The molecule has 1 amide bonds. The predicted molar refractivity (Wildman–Crippen MR) is 114 cm³/mol. The van der Waals surface area contributed by atoms with Gasteiger partial charge in [-0.3, -0.25) is 0 Å². The Bertz CT molecular complexity index is 923. The minimum absolute atomic E-state index is 0.325. The van der Waals surface area contributed by atoms with Gasteiger partial charge in [-0.05, 0) is 39.0 Å². The second-order valence-corrected chi connectivity index (χ2v) is 9.00. The number of piperazine rings is 1. The van der Waals surface area contributed by atoms with Crippen molar-refractivity contribution >= 4 is 29.4 Å². The average molecular weight is 449 g/mol. The highest BCUT2D eigenvalue weighted by Gasteiger charge is 2.39. The molecule has 0 spiro atoms. The van der Waals surface area contributed by atoms with Crippen LogP contribution in [0.25, 0.3) is 0 Å². The maximum atomic E-state index is 13.9. The number of halogens is 1. The van der Waals surface area contributed by atoms with Gasteiger partial charge in [-0.2, -0.15) is 0 Å². The molecule has 0 aromatic heterocycles. The van der Waals surface area contributed by atoms with Crippen LogP contribution in [0.5, 0.6) is 0 Å². The lowest BCUT2D eigenvalue weighted by Crippen LogP contribution is -2.50. The summed E-state index contributed by atoms with van der Waals surface area (Å²) in [5.41, 5.74) is 0.111.